The molecule has 7 heteroatoms. The second-order valence-corrected chi connectivity index (χ2v) is 7.32. The highest BCUT2D eigenvalue weighted by atomic mass is 79.9. The Kier molecular flexibility index (Phi) is 4.77. The molecule has 1 aromatic carbocycles. The molecule has 4 rings (SSSR count). The number of carbonyl (C=O) groups excluding carboxylic acids is 3. The van der Waals surface area contributed by atoms with Gasteiger partial charge in [0.15, 0.2) is 11.6 Å². The Balaban J connectivity index is 1.89. The van der Waals surface area contributed by atoms with Gasteiger partial charge in [0.25, 0.3) is 0 Å². The maximum Gasteiger partial charge on any atom is 0.356 e. The first-order valence-electron chi connectivity index (χ1n) is 8.78. The molecule has 1 aliphatic carbocycles. The summed E-state index contributed by atoms with van der Waals surface area (Å²) in [6.45, 7) is 1.88. The molecule has 2 atom stereocenters. The van der Waals surface area contributed by atoms with Crippen molar-refractivity contribution in [2.45, 2.75) is 6.92 Å². The molecule has 1 aliphatic heterocycles. The summed E-state index contributed by atoms with van der Waals surface area (Å²) < 4.78 is 5.93. The molecule has 0 fully saturated rings. The molecule has 0 N–H and O–H groups in total. The van der Waals surface area contributed by atoms with Gasteiger partial charge in [-0.15, -0.1) is 0 Å². The van der Waals surface area contributed by atoms with Crippen molar-refractivity contribution in [1.29, 1.82) is 0 Å². The number of ether oxygens (including phenoxy) is 1. The number of Topliss-reactive ketones (excluding diaryl/α,β-unsaturated/α-hetero) is 2. The van der Waals surface area contributed by atoms with Crippen molar-refractivity contribution in [3.05, 3.63) is 75.7 Å². The third-order valence-electron chi connectivity index (χ3n) is 4.75. The van der Waals surface area contributed by atoms with E-state index in [-0.39, 0.29) is 35.1 Å². The number of hydrogen-bond acceptors (Lipinski definition) is 6. The van der Waals surface area contributed by atoms with Crippen LogP contribution < -0.4 is 0 Å². The molecule has 0 amide bonds. The summed E-state index contributed by atoms with van der Waals surface area (Å²) in [6, 6.07) is 10.4. The molecule has 2 aromatic rings. The number of aliphatic imine (C=N–C) groups is 1. The lowest BCUT2D eigenvalue weighted by Crippen LogP contribution is -2.43. The van der Waals surface area contributed by atoms with Gasteiger partial charge in [-0.3, -0.25) is 14.6 Å². The van der Waals surface area contributed by atoms with Crippen LogP contribution in [0.3, 0.4) is 0 Å². The van der Waals surface area contributed by atoms with Gasteiger partial charge in [0, 0.05) is 16.2 Å². The zero-order chi connectivity index (χ0) is 19.8. The summed E-state index contributed by atoms with van der Waals surface area (Å²) in [7, 11) is 0. The largest absolute Gasteiger partial charge is 0.461 e. The molecule has 0 spiro atoms. The van der Waals surface area contributed by atoms with Crippen LogP contribution in [0, 0.1) is 11.8 Å². The minimum absolute atomic E-state index is 0.0366. The van der Waals surface area contributed by atoms with Gasteiger partial charge >= 0.3 is 5.97 Å². The molecule has 0 radical (unpaired) electrons. The lowest BCUT2D eigenvalue weighted by Gasteiger charge is -2.32. The minimum Gasteiger partial charge on any atom is -0.461 e. The average molecular weight is 439 g/mol. The normalized spacial score (nSPS) is 20.6. The number of ketones is 2. The van der Waals surface area contributed by atoms with Gasteiger partial charge in [0.2, 0.25) is 0 Å². The minimum atomic E-state index is -0.825. The zero-order valence-corrected chi connectivity index (χ0v) is 16.5. The number of nitrogens with zero attached hydrogens (tertiary/aromatic N) is 2. The fourth-order valence-corrected chi connectivity index (χ4v) is 3.76. The molecule has 1 aromatic heterocycles. The van der Waals surface area contributed by atoms with Gasteiger partial charge < -0.3 is 4.74 Å². The molecule has 28 heavy (non-hydrogen) atoms. The highest BCUT2D eigenvalue weighted by Gasteiger charge is 2.46. The Labute approximate surface area is 169 Å². The van der Waals surface area contributed by atoms with Crippen molar-refractivity contribution >= 4 is 39.2 Å². The number of carbonyl (C=O) groups is 3. The first-order chi connectivity index (χ1) is 13.5. The topological polar surface area (TPSA) is 85.7 Å². The fraction of sp³-hybridized carbons (Fsp3) is 0.190. The Bertz CT molecular complexity index is 1060. The van der Waals surface area contributed by atoms with E-state index in [1.165, 1.54) is 12.3 Å². The van der Waals surface area contributed by atoms with Crippen LogP contribution in [0.1, 0.15) is 33.3 Å². The Morgan fingerprint density at radius 1 is 1.14 bits per heavy atom. The van der Waals surface area contributed by atoms with E-state index in [2.05, 4.69) is 25.9 Å². The van der Waals surface area contributed by atoms with Crippen LogP contribution >= 0.6 is 15.9 Å². The summed E-state index contributed by atoms with van der Waals surface area (Å²) in [4.78, 5) is 47.2. The van der Waals surface area contributed by atoms with E-state index in [4.69, 9.17) is 4.74 Å². The maximum atomic E-state index is 13.2. The van der Waals surface area contributed by atoms with E-state index in [1.54, 1.807) is 31.2 Å². The van der Waals surface area contributed by atoms with Crippen LogP contribution in [0.4, 0.5) is 0 Å². The molecular weight excluding hydrogens is 424 g/mol. The number of esters is 1. The van der Waals surface area contributed by atoms with E-state index in [1.807, 2.05) is 12.1 Å². The second kappa shape index (κ2) is 7.24. The van der Waals surface area contributed by atoms with Crippen LogP contribution in [0.25, 0.3) is 0 Å². The smallest absolute Gasteiger partial charge is 0.356 e. The van der Waals surface area contributed by atoms with Crippen molar-refractivity contribution < 1.29 is 19.1 Å². The average Bonchev–Trinajstić information content (AvgIpc) is 2.72. The molecule has 0 saturated carbocycles. The molecule has 140 valence electrons. The number of allylic oxidation sites excluding steroid dienone is 1. The van der Waals surface area contributed by atoms with Crippen LogP contribution in [0.15, 0.2) is 63.8 Å². The van der Waals surface area contributed by atoms with E-state index < -0.39 is 17.8 Å². The molecule has 2 unspecified atom stereocenters. The summed E-state index contributed by atoms with van der Waals surface area (Å²) in [5.41, 5.74) is 1.48. The zero-order valence-electron chi connectivity index (χ0n) is 14.9. The predicted octanol–water partition coefficient (Wildman–Crippen LogP) is 3.41. The van der Waals surface area contributed by atoms with Gasteiger partial charge in [0.05, 0.1) is 24.2 Å². The highest BCUT2D eigenvalue weighted by Crippen LogP contribution is 2.37. The number of halogens is 1. The summed E-state index contributed by atoms with van der Waals surface area (Å²) >= 11 is 3.38. The number of fused-ring (bicyclic) bond motifs is 2. The second-order valence-electron chi connectivity index (χ2n) is 6.41. The predicted molar refractivity (Wildman–Crippen MR) is 105 cm³/mol. The molecule has 6 nitrogen and oxygen atoms in total. The molecule has 0 bridgehead atoms. The van der Waals surface area contributed by atoms with Crippen molar-refractivity contribution in [2.24, 2.45) is 16.8 Å². The third-order valence-corrected chi connectivity index (χ3v) is 5.28. The lowest BCUT2D eigenvalue weighted by molar-refractivity contribution is -0.138. The van der Waals surface area contributed by atoms with Gasteiger partial charge in [0.1, 0.15) is 11.4 Å². The molecule has 2 heterocycles. The maximum absolute atomic E-state index is 13.2. The number of pyridine rings is 1. The van der Waals surface area contributed by atoms with Crippen LogP contribution in [-0.2, 0) is 9.53 Å². The van der Waals surface area contributed by atoms with Crippen LogP contribution in [-0.4, -0.2) is 34.8 Å². The standard InChI is InChI=1S/C21H15BrN2O4/c1-2-28-21(27)15-10-14-16(17(24-15)11-5-7-12(22)8-6-11)20(26)18-13(19(14)25)4-3-9-23-18/h3-10,14,16H,2H2,1H3. The Morgan fingerprint density at radius 3 is 2.61 bits per heavy atom. The van der Waals surface area contributed by atoms with Crippen molar-refractivity contribution in [3.63, 3.8) is 0 Å². The van der Waals surface area contributed by atoms with Gasteiger partial charge in [-0.2, -0.15) is 0 Å². The summed E-state index contributed by atoms with van der Waals surface area (Å²) in [5.74, 6) is -2.79. The summed E-state index contributed by atoms with van der Waals surface area (Å²) in [5, 5.41) is 0. The lowest BCUT2D eigenvalue weighted by atomic mass is 9.71. The first-order valence-corrected chi connectivity index (χ1v) is 9.57. The van der Waals surface area contributed by atoms with Crippen LogP contribution in [0.5, 0.6) is 0 Å². The molecule has 2 aliphatic rings. The Morgan fingerprint density at radius 2 is 1.89 bits per heavy atom. The van der Waals surface area contributed by atoms with E-state index >= 15 is 0 Å². The highest BCUT2D eigenvalue weighted by molar-refractivity contribution is 9.10. The van der Waals surface area contributed by atoms with Gasteiger partial charge in [-0.25, -0.2) is 9.79 Å². The third kappa shape index (κ3) is 3.01. The van der Waals surface area contributed by atoms with Gasteiger partial charge in [-0.05, 0) is 42.8 Å². The number of benzene rings is 1. The van der Waals surface area contributed by atoms with Crippen molar-refractivity contribution in [2.75, 3.05) is 6.61 Å². The van der Waals surface area contributed by atoms with Crippen molar-refractivity contribution in [1.82, 2.24) is 4.98 Å². The fourth-order valence-electron chi connectivity index (χ4n) is 3.50. The molecular formula is C21H15BrN2O4. The van der Waals surface area contributed by atoms with E-state index in [0.717, 1.165) is 4.47 Å². The van der Waals surface area contributed by atoms with Crippen LogP contribution in [0.2, 0.25) is 0 Å². The van der Waals surface area contributed by atoms with Gasteiger partial charge in [-0.1, -0.05) is 28.1 Å². The monoisotopic (exact) mass is 438 g/mol. The number of aromatic nitrogens is 1. The van der Waals surface area contributed by atoms with E-state index in [9.17, 15) is 14.4 Å². The first kappa shape index (κ1) is 18.4. The molecule has 0 saturated heterocycles. The quantitative estimate of drug-likeness (QED) is 0.685. The van der Waals surface area contributed by atoms with E-state index in [0.29, 0.717) is 11.3 Å². The van der Waals surface area contributed by atoms with Crippen molar-refractivity contribution in [3.8, 4) is 0 Å². The summed E-state index contributed by atoms with van der Waals surface area (Å²) in [6.07, 6.45) is 2.94. The number of rotatable bonds is 3. The number of hydrogen-bond donors (Lipinski definition) is 0. The Hall–Kier alpha value is -2.93. The SMILES string of the molecule is CCOC(=O)C1=CC2C(=O)c3cccnc3C(=O)C2C(c2ccc(Br)cc2)=N1.